The summed E-state index contributed by atoms with van der Waals surface area (Å²) >= 11 is 3.36. The van der Waals surface area contributed by atoms with Crippen LogP contribution in [0.2, 0.25) is 0 Å². The molecule has 0 bridgehead atoms. The van der Waals surface area contributed by atoms with Crippen molar-refractivity contribution in [1.82, 2.24) is 10.2 Å². The fourth-order valence-corrected chi connectivity index (χ4v) is 1.64. The van der Waals surface area contributed by atoms with Crippen molar-refractivity contribution in [3.63, 3.8) is 0 Å². The average Bonchev–Trinajstić information content (AvgIpc) is 2.29. The molecule has 0 aliphatic carbocycles. The monoisotopic (exact) mass is 264 g/mol. The summed E-state index contributed by atoms with van der Waals surface area (Å²) in [5, 5.41) is 7.94. The van der Waals surface area contributed by atoms with Gasteiger partial charge < -0.3 is 4.74 Å². The summed E-state index contributed by atoms with van der Waals surface area (Å²) < 4.78 is 6.16. The molecule has 3 nitrogen and oxygen atoms in total. The van der Waals surface area contributed by atoms with Crippen LogP contribution in [-0.4, -0.2) is 17.3 Å². The molecule has 76 valence electrons. The lowest BCUT2D eigenvalue weighted by Gasteiger charge is -2.06. The fraction of sp³-hybridized carbons (Fsp3) is 0.0909. The maximum absolute atomic E-state index is 5.26. The summed E-state index contributed by atoms with van der Waals surface area (Å²) in [6.07, 6.45) is 1.65. The van der Waals surface area contributed by atoms with Crippen LogP contribution in [0.4, 0.5) is 0 Å². The van der Waals surface area contributed by atoms with Crippen LogP contribution in [0.25, 0.3) is 11.3 Å². The molecule has 1 aromatic heterocycles. The van der Waals surface area contributed by atoms with Crippen molar-refractivity contribution in [3.8, 4) is 17.0 Å². The summed E-state index contributed by atoms with van der Waals surface area (Å²) in [6.45, 7) is 0. The zero-order chi connectivity index (χ0) is 10.7. The molecule has 0 spiro atoms. The van der Waals surface area contributed by atoms with Gasteiger partial charge in [0.2, 0.25) is 0 Å². The lowest BCUT2D eigenvalue weighted by Crippen LogP contribution is -1.91. The van der Waals surface area contributed by atoms with E-state index < -0.39 is 0 Å². The lowest BCUT2D eigenvalue weighted by molar-refractivity contribution is 0.416. The van der Waals surface area contributed by atoms with Crippen molar-refractivity contribution in [1.29, 1.82) is 0 Å². The van der Waals surface area contributed by atoms with Crippen LogP contribution in [0, 0.1) is 0 Å². The van der Waals surface area contributed by atoms with Gasteiger partial charge in [-0.05, 0) is 34.1 Å². The topological polar surface area (TPSA) is 35.0 Å². The molecule has 0 N–H and O–H groups in total. The highest BCUT2D eigenvalue weighted by atomic mass is 79.9. The molecule has 1 aromatic carbocycles. The molecule has 0 fully saturated rings. The van der Waals surface area contributed by atoms with Gasteiger partial charge in [0.25, 0.3) is 0 Å². The third-order valence-electron chi connectivity index (χ3n) is 2.00. The standard InChI is InChI=1S/C11H9BrN2O/c1-15-11-5-3-2-4-9(11)10-6-8(12)7-13-14-10/h2-7H,1H3. The van der Waals surface area contributed by atoms with Crippen molar-refractivity contribution in [2.45, 2.75) is 0 Å². The van der Waals surface area contributed by atoms with Gasteiger partial charge in [-0.25, -0.2) is 0 Å². The number of halogens is 1. The maximum Gasteiger partial charge on any atom is 0.128 e. The summed E-state index contributed by atoms with van der Waals surface area (Å²) in [5.74, 6) is 0.796. The molecule has 0 aliphatic heterocycles. The number of para-hydroxylation sites is 1. The molecule has 0 unspecified atom stereocenters. The van der Waals surface area contributed by atoms with Crippen LogP contribution in [-0.2, 0) is 0 Å². The van der Waals surface area contributed by atoms with E-state index in [0.717, 1.165) is 21.5 Å². The van der Waals surface area contributed by atoms with Crippen LogP contribution >= 0.6 is 15.9 Å². The van der Waals surface area contributed by atoms with Gasteiger partial charge in [0.05, 0.1) is 19.0 Å². The highest BCUT2D eigenvalue weighted by molar-refractivity contribution is 9.10. The molecule has 0 radical (unpaired) electrons. The van der Waals surface area contributed by atoms with E-state index in [2.05, 4.69) is 26.1 Å². The second-order valence-corrected chi connectivity index (χ2v) is 3.87. The Balaban J connectivity index is 2.53. The summed E-state index contributed by atoms with van der Waals surface area (Å²) in [7, 11) is 1.64. The van der Waals surface area contributed by atoms with E-state index in [-0.39, 0.29) is 0 Å². The molecule has 15 heavy (non-hydrogen) atoms. The van der Waals surface area contributed by atoms with Gasteiger partial charge in [-0.15, -0.1) is 0 Å². The third kappa shape index (κ3) is 2.15. The van der Waals surface area contributed by atoms with Crippen LogP contribution in [0.15, 0.2) is 41.0 Å². The summed E-state index contributed by atoms with van der Waals surface area (Å²) in [4.78, 5) is 0. The number of ether oxygens (including phenoxy) is 1. The fourth-order valence-electron chi connectivity index (χ4n) is 1.33. The number of aromatic nitrogens is 2. The number of hydrogen-bond donors (Lipinski definition) is 0. The molecule has 2 rings (SSSR count). The Morgan fingerprint density at radius 3 is 2.80 bits per heavy atom. The third-order valence-corrected chi connectivity index (χ3v) is 2.44. The summed E-state index contributed by atoms with van der Waals surface area (Å²) in [6, 6.07) is 9.63. The first-order chi connectivity index (χ1) is 7.31. The van der Waals surface area contributed by atoms with E-state index in [9.17, 15) is 0 Å². The van der Waals surface area contributed by atoms with Gasteiger partial charge in [0.1, 0.15) is 5.75 Å². The predicted octanol–water partition coefficient (Wildman–Crippen LogP) is 2.91. The molecular formula is C11H9BrN2O. The van der Waals surface area contributed by atoms with E-state index in [1.165, 1.54) is 0 Å². The highest BCUT2D eigenvalue weighted by Crippen LogP contribution is 2.28. The molecule has 0 aliphatic rings. The quantitative estimate of drug-likeness (QED) is 0.837. The average molecular weight is 265 g/mol. The van der Waals surface area contributed by atoms with Gasteiger partial charge in [-0.3, -0.25) is 0 Å². The number of rotatable bonds is 2. The Morgan fingerprint density at radius 2 is 2.07 bits per heavy atom. The molecule has 2 aromatic rings. The van der Waals surface area contributed by atoms with Crippen molar-refractivity contribution in [2.24, 2.45) is 0 Å². The van der Waals surface area contributed by atoms with Crippen molar-refractivity contribution in [2.75, 3.05) is 7.11 Å². The Kier molecular flexibility index (Phi) is 2.97. The Labute approximate surface area is 96.2 Å². The van der Waals surface area contributed by atoms with Crippen LogP contribution < -0.4 is 4.74 Å². The van der Waals surface area contributed by atoms with Crippen molar-refractivity contribution >= 4 is 15.9 Å². The first-order valence-electron chi connectivity index (χ1n) is 4.43. The SMILES string of the molecule is COc1ccccc1-c1cc(Br)cnn1. The van der Waals surface area contributed by atoms with Crippen LogP contribution in [0.1, 0.15) is 0 Å². The first kappa shape index (κ1) is 10.1. The normalized spacial score (nSPS) is 10.0. The van der Waals surface area contributed by atoms with Crippen LogP contribution in [0.5, 0.6) is 5.75 Å². The molecule has 4 heteroatoms. The number of hydrogen-bond acceptors (Lipinski definition) is 3. The maximum atomic E-state index is 5.26. The molecule has 0 amide bonds. The molecule has 0 saturated heterocycles. The Hall–Kier alpha value is -1.42. The lowest BCUT2D eigenvalue weighted by atomic mass is 10.1. The Morgan fingerprint density at radius 1 is 1.27 bits per heavy atom. The first-order valence-corrected chi connectivity index (χ1v) is 5.22. The van der Waals surface area contributed by atoms with Gasteiger partial charge in [0, 0.05) is 10.0 Å². The molecule has 0 atom stereocenters. The molecule has 1 heterocycles. The molecule has 0 saturated carbocycles. The molecular weight excluding hydrogens is 256 g/mol. The predicted molar refractivity (Wildman–Crippen MR) is 61.7 cm³/mol. The van der Waals surface area contributed by atoms with E-state index >= 15 is 0 Å². The van der Waals surface area contributed by atoms with Gasteiger partial charge in [-0.2, -0.15) is 10.2 Å². The minimum atomic E-state index is 0.793. The van der Waals surface area contributed by atoms with E-state index in [1.54, 1.807) is 13.3 Å². The van der Waals surface area contributed by atoms with Gasteiger partial charge in [0.15, 0.2) is 0 Å². The largest absolute Gasteiger partial charge is 0.496 e. The minimum absolute atomic E-state index is 0.793. The summed E-state index contributed by atoms with van der Waals surface area (Å²) in [5.41, 5.74) is 1.73. The van der Waals surface area contributed by atoms with Crippen molar-refractivity contribution in [3.05, 3.63) is 41.0 Å². The van der Waals surface area contributed by atoms with E-state index in [0.29, 0.717) is 0 Å². The van der Waals surface area contributed by atoms with Crippen molar-refractivity contribution < 1.29 is 4.74 Å². The number of nitrogens with zero attached hydrogens (tertiary/aromatic N) is 2. The number of methoxy groups -OCH3 is 1. The number of benzene rings is 1. The Bertz CT molecular complexity index is 474. The smallest absolute Gasteiger partial charge is 0.128 e. The van der Waals surface area contributed by atoms with E-state index in [4.69, 9.17) is 4.74 Å². The second-order valence-electron chi connectivity index (χ2n) is 2.96. The van der Waals surface area contributed by atoms with E-state index in [1.807, 2.05) is 30.3 Å². The highest BCUT2D eigenvalue weighted by Gasteiger charge is 2.06. The van der Waals surface area contributed by atoms with Crippen LogP contribution in [0.3, 0.4) is 0 Å². The minimum Gasteiger partial charge on any atom is -0.496 e. The van der Waals surface area contributed by atoms with Gasteiger partial charge >= 0.3 is 0 Å². The second kappa shape index (κ2) is 4.40. The zero-order valence-corrected chi connectivity index (χ0v) is 9.73. The van der Waals surface area contributed by atoms with Gasteiger partial charge in [-0.1, -0.05) is 12.1 Å². The zero-order valence-electron chi connectivity index (χ0n) is 8.14.